The Morgan fingerprint density at radius 1 is 1.00 bits per heavy atom. The van der Waals surface area contributed by atoms with Gasteiger partial charge in [-0.1, -0.05) is 30.3 Å². The van der Waals surface area contributed by atoms with Gasteiger partial charge < -0.3 is 11.1 Å². The molecule has 2 aromatic carbocycles. The van der Waals surface area contributed by atoms with Gasteiger partial charge >= 0.3 is 6.18 Å². The minimum Gasteiger partial charge on any atom is -0.368 e. The number of nitrogens with two attached hydrogens (primary N) is 1. The third-order valence-corrected chi connectivity index (χ3v) is 3.41. The van der Waals surface area contributed by atoms with Crippen molar-refractivity contribution < 1.29 is 22.8 Å². The van der Waals surface area contributed by atoms with Crippen molar-refractivity contribution in [1.29, 1.82) is 0 Å². The normalized spacial score (nSPS) is 12.5. The molecule has 0 unspecified atom stereocenters. The van der Waals surface area contributed by atoms with Crippen LogP contribution in [-0.2, 0) is 17.4 Å². The number of alkyl halides is 3. The van der Waals surface area contributed by atoms with Gasteiger partial charge in [-0.25, -0.2) is 0 Å². The zero-order valence-corrected chi connectivity index (χ0v) is 12.5. The Bertz CT molecular complexity index is 713. The van der Waals surface area contributed by atoms with Gasteiger partial charge in [-0.05, 0) is 29.8 Å². The van der Waals surface area contributed by atoms with Crippen LogP contribution in [0.3, 0.4) is 0 Å². The van der Waals surface area contributed by atoms with E-state index in [0.29, 0.717) is 11.1 Å². The van der Waals surface area contributed by atoms with Gasteiger partial charge in [0.05, 0.1) is 5.56 Å². The summed E-state index contributed by atoms with van der Waals surface area (Å²) in [5.41, 5.74) is 5.31. The molecule has 4 nitrogen and oxygen atoms in total. The molecule has 7 heteroatoms. The summed E-state index contributed by atoms with van der Waals surface area (Å²) >= 11 is 0. The fourth-order valence-corrected chi connectivity index (χ4v) is 2.12. The molecule has 3 N–H and O–H groups in total. The van der Waals surface area contributed by atoms with Crippen LogP contribution in [0.2, 0.25) is 0 Å². The number of carbonyl (C=O) groups is 2. The molecule has 0 fully saturated rings. The second-order valence-corrected chi connectivity index (χ2v) is 5.19. The average Bonchev–Trinajstić information content (AvgIpc) is 2.54. The highest BCUT2D eigenvalue weighted by Crippen LogP contribution is 2.29. The van der Waals surface area contributed by atoms with E-state index in [0.717, 1.165) is 12.1 Å². The first kappa shape index (κ1) is 17.5. The summed E-state index contributed by atoms with van der Waals surface area (Å²) in [7, 11) is 0. The Morgan fingerprint density at radius 2 is 1.58 bits per heavy atom. The van der Waals surface area contributed by atoms with Crippen LogP contribution in [0, 0.1) is 0 Å². The molecule has 2 amide bonds. The highest BCUT2D eigenvalue weighted by molar-refractivity contribution is 5.97. The minimum atomic E-state index is -4.43. The lowest BCUT2D eigenvalue weighted by Gasteiger charge is -2.16. The van der Waals surface area contributed by atoms with Crippen LogP contribution in [0.4, 0.5) is 13.2 Å². The fourth-order valence-electron chi connectivity index (χ4n) is 2.12. The molecule has 126 valence electrons. The summed E-state index contributed by atoms with van der Waals surface area (Å²) in [5, 5.41) is 2.49. The molecule has 0 radical (unpaired) electrons. The topological polar surface area (TPSA) is 72.2 Å². The standard InChI is InChI=1S/C17H15F3N2O2/c18-17(19,20)13-8-6-11(7-9-13)10-14(15(21)23)22-16(24)12-4-2-1-3-5-12/h1-9,14H,10H2,(H2,21,23)(H,22,24)/t14-/m0/s1. The molecule has 0 saturated heterocycles. The van der Waals surface area contributed by atoms with Crippen LogP contribution in [0.5, 0.6) is 0 Å². The van der Waals surface area contributed by atoms with E-state index in [1.807, 2.05) is 0 Å². The SMILES string of the molecule is NC(=O)[C@H](Cc1ccc(C(F)(F)F)cc1)NC(=O)c1ccccc1. The summed E-state index contributed by atoms with van der Waals surface area (Å²) in [6.07, 6.45) is -4.42. The van der Waals surface area contributed by atoms with E-state index in [9.17, 15) is 22.8 Å². The Morgan fingerprint density at radius 3 is 2.08 bits per heavy atom. The molecular weight excluding hydrogens is 321 g/mol. The van der Waals surface area contributed by atoms with Crippen molar-refractivity contribution in [2.45, 2.75) is 18.6 Å². The minimum absolute atomic E-state index is 0.00600. The van der Waals surface area contributed by atoms with Crippen molar-refractivity contribution in [2.24, 2.45) is 5.73 Å². The van der Waals surface area contributed by atoms with Crippen molar-refractivity contribution in [3.8, 4) is 0 Å². The highest BCUT2D eigenvalue weighted by atomic mass is 19.4. The third kappa shape index (κ3) is 4.58. The number of rotatable bonds is 5. The predicted octanol–water partition coefficient (Wildman–Crippen LogP) is 2.53. The van der Waals surface area contributed by atoms with E-state index < -0.39 is 29.6 Å². The maximum absolute atomic E-state index is 12.5. The molecular formula is C17H15F3N2O2. The molecule has 0 saturated carbocycles. The van der Waals surface area contributed by atoms with E-state index in [2.05, 4.69) is 5.32 Å². The second kappa shape index (κ2) is 7.16. The Labute approximate surface area is 136 Å². The van der Waals surface area contributed by atoms with Gasteiger partial charge in [-0.2, -0.15) is 13.2 Å². The molecule has 0 aromatic heterocycles. The summed E-state index contributed by atoms with van der Waals surface area (Å²) in [6, 6.07) is 11.6. The monoisotopic (exact) mass is 336 g/mol. The van der Waals surface area contributed by atoms with Gasteiger partial charge in [0.15, 0.2) is 0 Å². The summed E-state index contributed by atoms with van der Waals surface area (Å²) in [5.74, 6) is -1.24. The van der Waals surface area contributed by atoms with Crippen LogP contribution in [0.1, 0.15) is 21.5 Å². The highest BCUT2D eigenvalue weighted by Gasteiger charge is 2.30. The van der Waals surface area contributed by atoms with Crippen molar-refractivity contribution in [1.82, 2.24) is 5.32 Å². The molecule has 0 spiro atoms. The number of primary amides is 1. The second-order valence-electron chi connectivity index (χ2n) is 5.19. The lowest BCUT2D eigenvalue weighted by atomic mass is 10.0. The molecule has 0 aliphatic carbocycles. The lowest BCUT2D eigenvalue weighted by Crippen LogP contribution is -2.45. The van der Waals surface area contributed by atoms with Crippen LogP contribution < -0.4 is 11.1 Å². The van der Waals surface area contributed by atoms with Gasteiger partial charge in [0.25, 0.3) is 5.91 Å². The van der Waals surface area contributed by atoms with Crippen LogP contribution >= 0.6 is 0 Å². The number of benzene rings is 2. The summed E-state index contributed by atoms with van der Waals surface area (Å²) < 4.78 is 37.6. The van der Waals surface area contributed by atoms with Gasteiger partial charge in [-0.3, -0.25) is 9.59 Å². The van der Waals surface area contributed by atoms with Crippen LogP contribution in [-0.4, -0.2) is 17.9 Å². The molecule has 2 aromatic rings. The number of amides is 2. The van der Waals surface area contributed by atoms with E-state index in [1.54, 1.807) is 30.3 Å². The maximum Gasteiger partial charge on any atom is 0.416 e. The first-order valence-electron chi connectivity index (χ1n) is 7.09. The zero-order valence-electron chi connectivity index (χ0n) is 12.5. The van der Waals surface area contributed by atoms with Gasteiger partial charge in [0.1, 0.15) is 6.04 Å². The predicted molar refractivity (Wildman–Crippen MR) is 82.0 cm³/mol. The first-order chi connectivity index (χ1) is 11.3. The third-order valence-electron chi connectivity index (χ3n) is 3.41. The fraction of sp³-hybridized carbons (Fsp3) is 0.176. The molecule has 0 heterocycles. The molecule has 1 atom stereocenters. The summed E-state index contributed by atoms with van der Waals surface area (Å²) in [4.78, 5) is 23.6. The molecule has 0 aliphatic heterocycles. The summed E-state index contributed by atoms with van der Waals surface area (Å²) in [6.45, 7) is 0. The van der Waals surface area contributed by atoms with Crippen LogP contribution in [0.15, 0.2) is 54.6 Å². The molecule has 2 rings (SSSR count). The van der Waals surface area contributed by atoms with Gasteiger partial charge in [-0.15, -0.1) is 0 Å². The lowest BCUT2D eigenvalue weighted by molar-refractivity contribution is -0.137. The number of hydrogen-bond acceptors (Lipinski definition) is 2. The van der Waals surface area contributed by atoms with Gasteiger partial charge in [0.2, 0.25) is 5.91 Å². The van der Waals surface area contributed by atoms with Crippen LogP contribution in [0.25, 0.3) is 0 Å². The Kier molecular flexibility index (Phi) is 5.23. The van der Waals surface area contributed by atoms with E-state index >= 15 is 0 Å². The number of halogens is 3. The van der Waals surface area contributed by atoms with E-state index in [4.69, 9.17) is 5.73 Å². The maximum atomic E-state index is 12.5. The van der Waals surface area contributed by atoms with E-state index in [-0.39, 0.29) is 6.42 Å². The first-order valence-corrected chi connectivity index (χ1v) is 7.09. The number of carbonyl (C=O) groups excluding carboxylic acids is 2. The smallest absolute Gasteiger partial charge is 0.368 e. The van der Waals surface area contributed by atoms with Crippen molar-refractivity contribution in [3.05, 3.63) is 71.3 Å². The molecule has 0 bridgehead atoms. The molecule has 0 aliphatic rings. The largest absolute Gasteiger partial charge is 0.416 e. The zero-order chi connectivity index (χ0) is 17.7. The number of hydrogen-bond donors (Lipinski definition) is 2. The number of nitrogens with one attached hydrogen (secondary N) is 1. The molecule has 24 heavy (non-hydrogen) atoms. The average molecular weight is 336 g/mol. The van der Waals surface area contributed by atoms with Crippen molar-refractivity contribution in [3.63, 3.8) is 0 Å². The van der Waals surface area contributed by atoms with Crippen molar-refractivity contribution in [2.75, 3.05) is 0 Å². The quantitative estimate of drug-likeness (QED) is 0.881. The van der Waals surface area contributed by atoms with E-state index in [1.165, 1.54) is 12.1 Å². The Hall–Kier alpha value is -2.83. The Balaban J connectivity index is 2.09. The van der Waals surface area contributed by atoms with Gasteiger partial charge in [0, 0.05) is 12.0 Å². The van der Waals surface area contributed by atoms with Crippen molar-refractivity contribution >= 4 is 11.8 Å².